The monoisotopic (exact) mass is 223 g/mol. The molecule has 6 heteroatoms. The summed E-state index contributed by atoms with van der Waals surface area (Å²) in [7, 11) is 1.56. The zero-order valence-electron chi connectivity index (χ0n) is 8.80. The predicted octanol–water partition coefficient (Wildman–Crippen LogP) is -0.111. The van der Waals surface area contributed by atoms with Crippen LogP contribution in [0.4, 0.5) is 11.4 Å². The van der Waals surface area contributed by atoms with Crippen LogP contribution in [-0.4, -0.2) is 30.6 Å². The number of hydrogen-bond acceptors (Lipinski definition) is 4. The van der Waals surface area contributed by atoms with E-state index in [9.17, 15) is 9.59 Å². The Hall–Kier alpha value is -2.24. The largest absolute Gasteiger partial charge is 0.478 e. The molecule has 16 heavy (non-hydrogen) atoms. The maximum Gasteiger partial charge on any atom is 0.337 e. The molecule has 5 N–H and O–H groups in total. The number of benzene rings is 1. The number of carbonyl (C=O) groups is 2. The van der Waals surface area contributed by atoms with E-state index in [2.05, 4.69) is 0 Å². The van der Waals surface area contributed by atoms with Crippen LogP contribution in [0.2, 0.25) is 0 Å². The van der Waals surface area contributed by atoms with Gasteiger partial charge in [-0.3, -0.25) is 4.79 Å². The highest BCUT2D eigenvalue weighted by Gasteiger charge is 2.17. The number of carboxylic acid groups (broad SMARTS) is 1. The third-order valence-corrected chi connectivity index (χ3v) is 2.07. The molecule has 0 aliphatic heterocycles. The van der Waals surface area contributed by atoms with Crippen LogP contribution in [-0.2, 0) is 4.79 Å². The van der Waals surface area contributed by atoms with E-state index in [-0.39, 0.29) is 12.1 Å². The number of nitrogens with zero attached hydrogens (tertiary/aromatic N) is 1. The van der Waals surface area contributed by atoms with Gasteiger partial charge >= 0.3 is 5.97 Å². The van der Waals surface area contributed by atoms with Crippen molar-refractivity contribution in [3.05, 3.63) is 23.8 Å². The summed E-state index contributed by atoms with van der Waals surface area (Å²) in [5, 5.41) is 8.97. The fraction of sp³-hybridized carbons (Fsp3) is 0.200. The molecule has 0 aliphatic rings. The molecule has 1 aromatic carbocycles. The number of anilines is 2. The number of primary amides is 1. The molecule has 1 rings (SSSR count). The Bertz CT molecular complexity index is 431. The minimum absolute atomic E-state index is 0.0451. The second kappa shape index (κ2) is 4.52. The summed E-state index contributed by atoms with van der Waals surface area (Å²) in [4.78, 5) is 23.2. The highest BCUT2D eigenvalue weighted by atomic mass is 16.4. The van der Waals surface area contributed by atoms with Crippen molar-refractivity contribution < 1.29 is 14.7 Å². The number of likely N-dealkylation sites (N-methyl/N-ethyl adjacent to an activating group) is 1. The Kier molecular flexibility index (Phi) is 3.34. The SMILES string of the molecule is CN(CC(N)=O)c1c(N)cccc1C(=O)O. The standard InChI is InChI=1S/C10H13N3O3/c1-13(5-8(12)14)9-6(10(15)16)3-2-4-7(9)11/h2-4H,5,11H2,1H3,(H2,12,14)(H,15,16). The van der Waals surface area contributed by atoms with Gasteiger partial charge in [-0.05, 0) is 12.1 Å². The van der Waals surface area contributed by atoms with Gasteiger partial charge in [0, 0.05) is 7.05 Å². The normalized spacial score (nSPS) is 9.81. The highest BCUT2D eigenvalue weighted by molar-refractivity contribution is 5.98. The first-order valence-electron chi connectivity index (χ1n) is 4.54. The highest BCUT2D eigenvalue weighted by Crippen LogP contribution is 2.26. The number of aromatic carboxylic acids is 1. The Morgan fingerprint density at radius 2 is 2.06 bits per heavy atom. The van der Waals surface area contributed by atoms with Crippen molar-refractivity contribution >= 4 is 23.3 Å². The maximum atomic E-state index is 11.0. The summed E-state index contributed by atoms with van der Waals surface area (Å²) in [5.74, 6) is -1.65. The fourth-order valence-electron chi connectivity index (χ4n) is 1.47. The van der Waals surface area contributed by atoms with Gasteiger partial charge in [0.25, 0.3) is 0 Å². The first kappa shape index (κ1) is 11.8. The average Bonchev–Trinajstić information content (AvgIpc) is 2.15. The Balaban J connectivity index is 3.19. The molecule has 1 aromatic rings. The van der Waals surface area contributed by atoms with E-state index in [4.69, 9.17) is 16.6 Å². The smallest absolute Gasteiger partial charge is 0.337 e. The molecule has 0 fully saturated rings. The quantitative estimate of drug-likeness (QED) is 0.617. The van der Waals surface area contributed by atoms with Crippen molar-refractivity contribution in [3.8, 4) is 0 Å². The van der Waals surface area contributed by atoms with Crippen LogP contribution >= 0.6 is 0 Å². The van der Waals surface area contributed by atoms with Crippen molar-refractivity contribution in [2.45, 2.75) is 0 Å². The molecular weight excluding hydrogens is 210 g/mol. The molecule has 0 spiro atoms. The van der Waals surface area contributed by atoms with Gasteiger partial charge in [-0.2, -0.15) is 0 Å². The van der Waals surface area contributed by atoms with Gasteiger partial charge in [-0.25, -0.2) is 4.79 Å². The Labute approximate surface area is 92.4 Å². The van der Waals surface area contributed by atoms with E-state index in [0.717, 1.165) is 0 Å². The second-order valence-corrected chi connectivity index (χ2v) is 3.37. The van der Waals surface area contributed by atoms with Crippen LogP contribution in [0.5, 0.6) is 0 Å². The third-order valence-electron chi connectivity index (χ3n) is 2.07. The van der Waals surface area contributed by atoms with Crippen molar-refractivity contribution in [1.82, 2.24) is 0 Å². The zero-order valence-corrected chi connectivity index (χ0v) is 8.80. The van der Waals surface area contributed by atoms with Crippen molar-refractivity contribution in [2.75, 3.05) is 24.2 Å². The predicted molar refractivity (Wildman–Crippen MR) is 60.3 cm³/mol. The molecule has 0 atom stereocenters. The van der Waals surface area contributed by atoms with E-state index < -0.39 is 11.9 Å². The van der Waals surface area contributed by atoms with Gasteiger partial charge in [0.15, 0.2) is 0 Å². The maximum absolute atomic E-state index is 11.0. The van der Waals surface area contributed by atoms with E-state index in [1.54, 1.807) is 19.2 Å². The third kappa shape index (κ3) is 2.41. The van der Waals surface area contributed by atoms with Crippen molar-refractivity contribution in [2.24, 2.45) is 5.73 Å². The molecule has 0 saturated heterocycles. The van der Waals surface area contributed by atoms with Crippen LogP contribution < -0.4 is 16.4 Å². The second-order valence-electron chi connectivity index (χ2n) is 3.37. The van der Waals surface area contributed by atoms with Crippen molar-refractivity contribution in [3.63, 3.8) is 0 Å². The lowest BCUT2D eigenvalue weighted by Crippen LogP contribution is -2.32. The first-order chi connectivity index (χ1) is 7.43. The Morgan fingerprint density at radius 3 is 2.56 bits per heavy atom. The number of rotatable bonds is 4. The molecule has 86 valence electrons. The van der Waals surface area contributed by atoms with Gasteiger partial charge in [-0.15, -0.1) is 0 Å². The number of carbonyl (C=O) groups excluding carboxylic acids is 1. The van der Waals surface area contributed by atoms with Crippen LogP contribution in [0.25, 0.3) is 0 Å². The zero-order chi connectivity index (χ0) is 12.3. The summed E-state index contributed by atoms with van der Waals surface area (Å²) in [6.07, 6.45) is 0. The minimum Gasteiger partial charge on any atom is -0.478 e. The molecular formula is C10H13N3O3. The summed E-state index contributed by atoms with van der Waals surface area (Å²) in [6.45, 7) is -0.0888. The lowest BCUT2D eigenvalue weighted by atomic mass is 10.1. The topological polar surface area (TPSA) is 110 Å². The number of nitrogens with two attached hydrogens (primary N) is 2. The molecule has 0 aromatic heterocycles. The number of amides is 1. The van der Waals surface area contributed by atoms with Crippen LogP contribution in [0.1, 0.15) is 10.4 Å². The lowest BCUT2D eigenvalue weighted by Gasteiger charge is -2.21. The fourth-order valence-corrected chi connectivity index (χ4v) is 1.47. The van der Waals surface area contributed by atoms with E-state index in [1.165, 1.54) is 11.0 Å². The van der Waals surface area contributed by atoms with Crippen LogP contribution in [0.3, 0.4) is 0 Å². The Morgan fingerprint density at radius 1 is 1.44 bits per heavy atom. The van der Waals surface area contributed by atoms with Gasteiger partial charge < -0.3 is 21.5 Å². The molecule has 0 unspecified atom stereocenters. The lowest BCUT2D eigenvalue weighted by molar-refractivity contribution is -0.116. The van der Waals surface area contributed by atoms with Gasteiger partial charge in [-0.1, -0.05) is 6.07 Å². The summed E-state index contributed by atoms with van der Waals surface area (Å²) >= 11 is 0. The molecule has 0 aliphatic carbocycles. The summed E-state index contributed by atoms with van der Waals surface area (Å²) in [6, 6.07) is 4.53. The molecule has 0 bridgehead atoms. The van der Waals surface area contributed by atoms with Gasteiger partial charge in [0.05, 0.1) is 23.5 Å². The summed E-state index contributed by atoms with van der Waals surface area (Å²) < 4.78 is 0. The van der Waals surface area contributed by atoms with Crippen molar-refractivity contribution in [1.29, 1.82) is 0 Å². The van der Waals surface area contributed by atoms with E-state index >= 15 is 0 Å². The van der Waals surface area contributed by atoms with Gasteiger partial charge in [0.1, 0.15) is 0 Å². The minimum atomic E-state index is -1.10. The number of carboxylic acids is 1. The number of nitrogen functional groups attached to an aromatic ring is 1. The van der Waals surface area contributed by atoms with Crippen LogP contribution in [0.15, 0.2) is 18.2 Å². The van der Waals surface area contributed by atoms with E-state index in [1.807, 2.05) is 0 Å². The molecule has 0 heterocycles. The molecule has 0 saturated carbocycles. The van der Waals surface area contributed by atoms with E-state index in [0.29, 0.717) is 11.4 Å². The van der Waals surface area contributed by atoms with Gasteiger partial charge in [0.2, 0.25) is 5.91 Å². The average molecular weight is 223 g/mol. The first-order valence-corrected chi connectivity index (χ1v) is 4.54. The summed E-state index contributed by atoms with van der Waals surface area (Å²) in [5.41, 5.74) is 11.4. The molecule has 1 amide bonds. The molecule has 0 radical (unpaired) electrons. The number of hydrogen-bond donors (Lipinski definition) is 3. The number of para-hydroxylation sites is 1. The van der Waals surface area contributed by atoms with Crippen LogP contribution in [0, 0.1) is 0 Å². The molecule has 6 nitrogen and oxygen atoms in total.